The fraction of sp³-hybridized carbons (Fsp3) is 0.348. The van der Waals surface area contributed by atoms with E-state index in [4.69, 9.17) is 14.2 Å². The number of hydrogen-bond donors (Lipinski definition) is 1. The first-order valence-electron chi connectivity index (χ1n) is 10.4. The van der Waals surface area contributed by atoms with Crippen LogP contribution >= 0.6 is 0 Å². The molecule has 0 aliphatic carbocycles. The van der Waals surface area contributed by atoms with Crippen LogP contribution in [0.4, 0.5) is 10.5 Å². The van der Waals surface area contributed by atoms with Gasteiger partial charge < -0.3 is 29.3 Å². The van der Waals surface area contributed by atoms with Crippen molar-refractivity contribution in [2.45, 2.75) is 6.92 Å². The minimum Gasteiger partial charge on any atom is -0.497 e. The van der Waals surface area contributed by atoms with Gasteiger partial charge in [-0.1, -0.05) is 6.07 Å². The van der Waals surface area contributed by atoms with E-state index in [0.29, 0.717) is 55.5 Å². The SMILES string of the molecule is CCOC(=O)N1CCN(C(=O)c2ccc(OCC(=O)Nc3cccc(OC)c3)cc2)CC1. The minimum atomic E-state index is -0.350. The highest BCUT2D eigenvalue weighted by atomic mass is 16.6. The Bertz CT molecular complexity index is 939. The van der Waals surface area contributed by atoms with Crippen LogP contribution in [0, 0.1) is 0 Å². The Labute approximate surface area is 186 Å². The number of piperazine rings is 1. The third-order valence-corrected chi connectivity index (χ3v) is 4.92. The maximum Gasteiger partial charge on any atom is 0.409 e. The molecule has 2 aromatic carbocycles. The molecule has 2 aromatic rings. The molecule has 1 N–H and O–H groups in total. The first kappa shape index (κ1) is 22.9. The lowest BCUT2D eigenvalue weighted by atomic mass is 10.1. The van der Waals surface area contributed by atoms with E-state index in [1.165, 1.54) is 0 Å². The molecule has 0 aromatic heterocycles. The topological polar surface area (TPSA) is 97.4 Å². The number of benzene rings is 2. The van der Waals surface area contributed by atoms with Crippen molar-refractivity contribution in [3.05, 3.63) is 54.1 Å². The molecule has 0 atom stereocenters. The molecule has 0 unspecified atom stereocenters. The lowest BCUT2D eigenvalue weighted by Gasteiger charge is -2.34. The molecule has 1 aliphatic heterocycles. The van der Waals surface area contributed by atoms with Crippen molar-refractivity contribution in [3.63, 3.8) is 0 Å². The summed E-state index contributed by atoms with van der Waals surface area (Å²) >= 11 is 0. The molecule has 0 bridgehead atoms. The number of nitrogens with zero attached hydrogens (tertiary/aromatic N) is 2. The third-order valence-electron chi connectivity index (χ3n) is 4.92. The molecule has 32 heavy (non-hydrogen) atoms. The van der Waals surface area contributed by atoms with Crippen LogP contribution in [-0.2, 0) is 9.53 Å². The van der Waals surface area contributed by atoms with Crippen LogP contribution in [0.25, 0.3) is 0 Å². The predicted molar refractivity (Wildman–Crippen MR) is 118 cm³/mol. The van der Waals surface area contributed by atoms with Gasteiger partial charge in [0.25, 0.3) is 11.8 Å². The van der Waals surface area contributed by atoms with Gasteiger partial charge in [0.15, 0.2) is 6.61 Å². The number of nitrogens with one attached hydrogen (secondary N) is 1. The number of rotatable bonds is 7. The number of carbonyl (C=O) groups excluding carboxylic acids is 3. The van der Waals surface area contributed by atoms with Gasteiger partial charge in [-0.15, -0.1) is 0 Å². The molecule has 9 nitrogen and oxygen atoms in total. The summed E-state index contributed by atoms with van der Waals surface area (Å²) in [5, 5.41) is 2.74. The largest absolute Gasteiger partial charge is 0.497 e. The van der Waals surface area contributed by atoms with Crippen molar-refractivity contribution in [1.82, 2.24) is 9.80 Å². The molecule has 9 heteroatoms. The molecule has 3 rings (SSSR count). The molecule has 3 amide bonds. The number of amides is 3. The molecular weight excluding hydrogens is 414 g/mol. The van der Waals surface area contributed by atoms with Crippen LogP contribution < -0.4 is 14.8 Å². The Hall–Kier alpha value is -3.75. The predicted octanol–water partition coefficient (Wildman–Crippen LogP) is 2.63. The molecule has 0 saturated carbocycles. The fourth-order valence-corrected chi connectivity index (χ4v) is 3.23. The smallest absolute Gasteiger partial charge is 0.409 e. The Kier molecular flexibility index (Phi) is 7.91. The van der Waals surface area contributed by atoms with Crippen molar-refractivity contribution in [2.24, 2.45) is 0 Å². The lowest BCUT2D eigenvalue weighted by molar-refractivity contribution is -0.118. The van der Waals surface area contributed by atoms with E-state index in [1.54, 1.807) is 72.4 Å². The van der Waals surface area contributed by atoms with Crippen LogP contribution in [-0.4, -0.2) is 74.2 Å². The zero-order chi connectivity index (χ0) is 22.9. The van der Waals surface area contributed by atoms with Gasteiger partial charge in [-0.05, 0) is 43.3 Å². The number of anilines is 1. The highest BCUT2D eigenvalue weighted by molar-refractivity contribution is 5.94. The summed E-state index contributed by atoms with van der Waals surface area (Å²) in [6.45, 7) is 3.69. The first-order chi connectivity index (χ1) is 15.5. The Morgan fingerprint density at radius 1 is 0.938 bits per heavy atom. The van der Waals surface area contributed by atoms with Crippen molar-refractivity contribution >= 4 is 23.6 Å². The second-order valence-electron chi connectivity index (χ2n) is 7.07. The maximum atomic E-state index is 12.7. The molecule has 0 spiro atoms. The van der Waals surface area contributed by atoms with Crippen LogP contribution in [0.3, 0.4) is 0 Å². The standard InChI is InChI=1S/C23H27N3O6/c1-3-31-23(29)26-13-11-25(12-14-26)22(28)17-7-9-19(10-8-17)32-16-21(27)24-18-5-4-6-20(15-18)30-2/h4-10,15H,3,11-14,16H2,1-2H3,(H,24,27). The van der Waals surface area contributed by atoms with Crippen molar-refractivity contribution < 1.29 is 28.6 Å². The molecule has 0 radical (unpaired) electrons. The van der Waals surface area contributed by atoms with Gasteiger partial charge in [-0.2, -0.15) is 0 Å². The quantitative estimate of drug-likeness (QED) is 0.710. The van der Waals surface area contributed by atoms with Crippen LogP contribution in [0.5, 0.6) is 11.5 Å². The summed E-state index contributed by atoms with van der Waals surface area (Å²) in [5.74, 6) is 0.703. The van der Waals surface area contributed by atoms with Crippen LogP contribution in [0.15, 0.2) is 48.5 Å². The number of carbonyl (C=O) groups is 3. The van der Waals surface area contributed by atoms with E-state index in [2.05, 4.69) is 5.32 Å². The van der Waals surface area contributed by atoms with Gasteiger partial charge in [0.2, 0.25) is 0 Å². The van der Waals surface area contributed by atoms with Gasteiger partial charge in [0.1, 0.15) is 11.5 Å². The van der Waals surface area contributed by atoms with Gasteiger partial charge in [0, 0.05) is 43.5 Å². The fourth-order valence-electron chi connectivity index (χ4n) is 3.23. The van der Waals surface area contributed by atoms with Crippen molar-refractivity contribution in [1.29, 1.82) is 0 Å². The second kappa shape index (κ2) is 11.0. The Morgan fingerprint density at radius 2 is 1.62 bits per heavy atom. The lowest BCUT2D eigenvalue weighted by Crippen LogP contribution is -2.50. The monoisotopic (exact) mass is 441 g/mol. The average Bonchev–Trinajstić information content (AvgIpc) is 2.83. The zero-order valence-electron chi connectivity index (χ0n) is 18.2. The van der Waals surface area contributed by atoms with Crippen LogP contribution in [0.1, 0.15) is 17.3 Å². The molecular formula is C23H27N3O6. The Morgan fingerprint density at radius 3 is 2.28 bits per heavy atom. The van der Waals surface area contributed by atoms with E-state index in [9.17, 15) is 14.4 Å². The Balaban J connectivity index is 1.47. The van der Waals surface area contributed by atoms with Crippen molar-refractivity contribution in [3.8, 4) is 11.5 Å². The van der Waals surface area contributed by atoms with E-state index in [1.807, 2.05) is 0 Å². The maximum absolute atomic E-state index is 12.7. The highest BCUT2D eigenvalue weighted by Crippen LogP contribution is 2.18. The van der Waals surface area contributed by atoms with Crippen molar-refractivity contribution in [2.75, 3.05) is 51.8 Å². The molecule has 1 saturated heterocycles. The number of ether oxygens (including phenoxy) is 3. The summed E-state index contributed by atoms with van der Waals surface area (Å²) in [6.07, 6.45) is -0.350. The van der Waals surface area contributed by atoms with E-state index < -0.39 is 0 Å². The van der Waals surface area contributed by atoms with E-state index in [-0.39, 0.29) is 24.5 Å². The minimum absolute atomic E-state index is 0.115. The number of hydrogen-bond acceptors (Lipinski definition) is 6. The molecule has 1 aliphatic rings. The summed E-state index contributed by atoms with van der Waals surface area (Å²) in [4.78, 5) is 39.9. The summed E-state index contributed by atoms with van der Waals surface area (Å²) in [5.41, 5.74) is 1.13. The third kappa shape index (κ3) is 6.13. The highest BCUT2D eigenvalue weighted by Gasteiger charge is 2.25. The van der Waals surface area contributed by atoms with Gasteiger partial charge >= 0.3 is 6.09 Å². The summed E-state index contributed by atoms with van der Waals surface area (Å²) in [7, 11) is 1.56. The van der Waals surface area contributed by atoms with E-state index >= 15 is 0 Å². The first-order valence-corrected chi connectivity index (χ1v) is 10.4. The van der Waals surface area contributed by atoms with Gasteiger partial charge in [-0.25, -0.2) is 4.79 Å². The van der Waals surface area contributed by atoms with Gasteiger partial charge in [0.05, 0.1) is 13.7 Å². The number of methoxy groups -OCH3 is 1. The molecule has 170 valence electrons. The summed E-state index contributed by atoms with van der Waals surface area (Å²) in [6, 6.07) is 13.7. The second-order valence-corrected chi connectivity index (χ2v) is 7.07. The molecule has 1 heterocycles. The van der Waals surface area contributed by atoms with Gasteiger partial charge in [-0.3, -0.25) is 9.59 Å². The summed E-state index contributed by atoms with van der Waals surface area (Å²) < 4.78 is 15.6. The van der Waals surface area contributed by atoms with Crippen LogP contribution in [0.2, 0.25) is 0 Å². The average molecular weight is 441 g/mol. The zero-order valence-corrected chi connectivity index (χ0v) is 18.2. The van der Waals surface area contributed by atoms with E-state index in [0.717, 1.165) is 0 Å². The molecule has 1 fully saturated rings. The normalized spacial score (nSPS) is 13.3.